The fraction of sp³-hybridized carbons (Fsp3) is 0.937. The van der Waals surface area contributed by atoms with Crippen molar-refractivity contribution in [2.24, 2.45) is 23.7 Å². The Balaban J connectivity index is 5.26. The lowest BCUT2D eigenvalue weighted by atomic mass is 9.99. The average Bonchev–Trinajstić information content (AvgIpc) is 3.43. The molecule has 3 unspecified atom stereocenters. The van der Waals surface area contributed by atoms with E-state index in [1.807, 2.05) is 0 Å². The third kappa shape index (κ3) is 55.9. The van der Waals surface area contributed by atoms with E-state index in [2.05, 4.69) is 55.4 Å². The average molecular weight is 1210 g/mol. The van der Waals surface area contributed by atoms with Crippen LogP contribution in [0.4, 0.5) is 0 Å². The van der Waals surface area contributed by atoms with Gasteiger partial charge in [0, 0.05) is 25.7 Å². The Labute approximate surface area is 498 Å². The van der Waals surface area contributed by atoms with Gasteiger partial charge in [-0.3, -0.25) is 37.3 Å². The van der Waals surface area contributed by atoms with Gasteiger partial charge in [-0.2, -0.15) is 0 Å². The molecule has 0 amide bonds. The second-order valence-electron chi connectivity index (χ2n) is 24.5. The number of aliphatic hydroxyl groups is 1. The molecule has 0 heterocycles. The van der Waals surface area contributed by atoms with Gasteiger partial charge in [-0.05, 0) is 49.4 Å². The molecule has 0 saturated heterocycles. The summed E-state index contributed by atoms with van der Waals surface area (Å²) in [6.07, 6.45) is 32.3. The summed E-state index contributed by atoms with van der Waals surface area (Å²) in [7, 11) is -9.89. The van der Waals surface area contributed by atoms with Gasteiger partial charge in [-0.15, -0.1) is 0 Å². The summed E-state index contributed by atoms with van der Waals surface area (Å²) >= 11 is 0. The maximum absolute atomic E-state index is 13.0. The molecule has 0 fully saturated rings. The minimum Gasteiger partial charge on any atom is -0.462 e. The second kappa shape index (κ2) is 53.3. The monoisotopic (exact) mass is 1210 g/mol. The van der Waals surface area contributed by atoms with E-state index in [1.54, 1.807) is 0 Å². The van der Waals surface area contributed by atoms with Crippen LogP contribution < -0.4 is 0 Å². The summed E-state index contributed by atoms with van der Waals surface area (Å²) in [6.45, 7) is 13.9. The molecular formula is C63H122O17P2. The quantitative estimate of drug-likeness (QED) is 0.0222. The number of aliphatic hydroxyl groups excluding tert-OH is 1. The molecule has 0 aliphatic heterocycles. The Morgan fingerprint density at radius 1 is 0.341 bits per heavy atom. The number of carbonyl (C=O) groups excluding carboxylic acids is 4. The first-order chi connectivity index (χ1) is 39.1. The van der Waals surface area contributed by atoms with E-state index >= 15 is 0 Å². The summed E-state index contributed by atoms with van der Waals surface area (Å²) in [4.78, 5) is 72.1. The minimum atomic E-state index is -4.94. The molecule has 0 saturated carbocycles. The molecule has 19 heteroatoms. The summed E-state index contributed by atoms with van der Waals surface area (Å²) in [5, 5.41) is 10.5. The number of carbonyl (C=O) groups is 4. The number of unbranched alkanes of at least 4 members (excludes halogenated alkanes) is 25. The molecule has 6 atom stereocenters. The molecule has 0 aliphatic rings. The predicted molar refractivity (Wildman–Crippen MR) is 326 cm³/mol. The van der Waals surface area contributed by atoms with Gasteiger partial charge in [0.05, 0.1) is 26.4 Å². The number of ether oxygens (including phenoxy) is 4. The van der Waals surface area contributed by atoms with E-state index in [0.29, 0.717) is 37.5 Å². The highest BCUT2D eigenvalue weighted by Gasteiger charge is 2.30. The van der Waals surface area contributed by atoms with Gasteiger partial charge in [0.2, 0.25) is 0 Å². The maximum Gasteiger partial charge on any atom is 0.472 e. The van der Waals surface area contributed by atoms with Gasteiger partial charge < -0.3 is 33.8 Å². The molecule has 17 nitrogen and oxygen atoms in total. The molecule has 3 N–H and O–H groups in total. The number of esters is 4. The molecule has 0 radical (unpaired) electrons. The Morgan fingerprint density at radius 2 is 0.585 bits per heavy atom. The van der Waals surface area contributed by atoms with Gasteiger partial charge in [-0.1, -0.05) is 248 Å². The Kier molecular flexibility index (Phi) is 52.0. The smallest absolute Gasteiger partial charge is 0.462 e. The third-order valence-corrected chi connectivity index (χ3v) is 16.6. The molecule has 0 aromatic heterocycles. The predicted octanol–water partition coefficient (Wildman–Crippen LogP) is 17.0. The molecule has 0 bridgehead atoms. The highest BCUT2D eigenvalue weighted by molar-refractivity contribution is 7.47. The summed E-state index contributed by atoms with van der Waals surface area (Å²) < 4.78 is 67.9. The van der Waals surface area contributed by atoms with Crippen LogP contribution in [-0.2, 0) is 65.4 Å². The van der Waals surface area contributed by atoms with Crippen LogP contribution in [0.5, 0.6) is 0 Å². The highest BCUT2D eigenvalue weighted by Crippen LogP contribution is 2.45. The number of phosphoric acid groups is 2. The zero-order chi connectivity index (χ0) is 61.1. The van der Waals surface area contributed by atoms with Crippen molar-refractivity contribution in [2.45, 2.75) is 318 Å². The zero-order valence-electron chi connectivity index (χ0n) is 53.1. The van der Waals surface area contributed by atoms with Crippen LogP contribution in [0.15, 0.2) is 0 Å². The van der Waals surface area contributed by atoms with Crippen molar-refractivity contribution in [2.75, 3.05) is 39.6 Å². The van der Waals surface area contributed by atoms with Gasteiger partial charge >= 0.3 is 39.5 Å². The largest absolute Gasteiger partial charge is 0.472 e. The molecular weight excluding hydrogens is 1090 g/mol. The number of phosphoric ester groups is 2. The van der Waals surface area contributed by atoms with Crippen LogP contribution >= 0.6 is 15.6 Å². The Hall–Kier alpha value is -1.94. The standard InChI is InChI=1S/C63H122O17P2/c1-9-56(8)42-34-26-17-11-13-19-29-37-45-62(67)79-58(49-73-60(65)43-35-27-18-12-10-15-23-31-39-53(2)3)51-77-81(69,70)75-47-57(64)48-76-82(71,72)78-52-59(50-74-61(66)44-36-28-22-21-25-33-41-55(6)7)80-63(68)46-38-30-20-14-16-24-32-40-54(4)5/h53-59,64H,9-52H2,1-8H3,(H,69,70)(H,71,72)/t56?,57-,58-,59-/m1/s1. The van der Waals surface area contributed by atoms with Crippen LogP contribution in [-0.4, -0.2) is 96.7 Å². The summed E-state index contributed by atoms with van der Waals surface area (Å²) in [5.74, 6) is 0.726. The molecule has 0 spiro atoms. The van der Waals surface area contributed by atoms with Crippen molar-refractivity contribution in [3.8, 4) is 0 Å². The van der Waals surface area contributed by atoms with Gasteiger partial charge in [-0.25, -0.2) is 9.13 Å². The first kappa shape index (κ1) is 80.1. The van der Waals surface area contributed by atoms with E-state index in [4.69, 9.17) is 37.0 Å². The molecule has 0 aliphatic carbocycles. The second-order valence-corrected chi connectivity index (χ2v) is 27.4. The van der Waals surface area contributed by atoms with Gasteiger partial charge in [0.1, 0.15) is 19.3 Å². The maximum atomic E-state index is 13.0. The van der Waals surface area contributed by atoms with Crippen LogP contribution in [0.2, 0.25) is 0 Å². The summed E-state index contributed by atoms with van der Waals surface area (Å²) in [5.41, 5.74) is 0. The van der Waals surface area contributed by atoms with E-state index in [-0.39, 0.29) is 25.7 Å². The summed E-state index contributed by atoms with van der Waals surface area (Å²) in [6, 6.07) is 0. The van der Waals surface area contributed by atoms with Crippen LogP contribution in [0.25, 0.3) is 0 Å². The minimum absolute atomic E-state index is 0.102. The van der Waals surface area contributed by atoms with Crippen molar-refractivity contribution < 1.29 is 80.2 Å². The Morgan fingerprint density at radius 3 is 0.866 bits per heavy atom. The fourth-order valence-electron chi connectivity index (χ4n) is 9.22. The van der Waals surface area contributed by atoms with Crippen molar-refractivity contribution in [3.05, 3.63) is 0 Å². The van der Waals surface area contributed by atoms with Crippen LogP contribution in [0, 0.1) is 23.7 Å². The van der Waals surface area contributed by atoms with E-state index in [9.17, 15) is 43.2 Å². The van der Waals surface area contributed by atoms with E-state index in [1.165, 1.54) is 96.3 Å². The van der Waals surface area contributed by atoms with Crippen molar-refractivity contribution >= 4 is 39.5 Å². The lowest BCUT2D eigenvalue weighted by Gasteiger charge is -2.21. The fourth-order valence-corrected chi connectivity index (χ4v) is 10.8. The van der Waals surface area contributed by atoms with Crippen LogP contribution in [0.3, 0.4) is 0 Å². The van der Waals surface area contributed by atoms with Gasteiger partial charge in [0.25, 0.3) is 0 Å². The first-order valence-electron chi connectivity index (χ1n) is 32.7. The molecule has 82 heavy (non-hydrogen) atoms. The number of hydrogen-bond donors (Lipinski definition) is 3. The van der Waals surface area contributed by atoms with Gasteiger partial charge in [0.15, 0.2) is 12.2 Å². The van der Waals surface area contributed by atoms with Crippen molar-refractivity contribution in [1.29, 1.82) is 0 Å². The molecule has 0 aromatic rings. The Bertz CT molecular complexity index is 1650. The van der Waals surface area contributed by atoms with E-state index in [0.717, 1.165) is 108 Å². The third-order valence-electron chi connectivity index (χ3n) is 14.7. The van der Waals surface area contributed by atoms with E-state index < -0.39 is 97.5 Å². The lowest BCUT2D eigenvalue weighted by molar-refractivity contribution is -0.161. The normalized spacial score (nSPS) is 14.8. The molecule has 0 rings (SSSR count). The van der Waals surface area contributed by atoms with Crippen molar-refractivity contribution in [1.82, 2.24) is 0 Å². The first-order valence-corrected chi connectivity index (χ1v) is 35.7. The topological polar surface area (TPSA) is 237 Å². The zero-order valence-corrected chi connectivity index (χ0v) is 54.9. The highest BCUT2D eigenvalue weighted by atomic mass is 31.2. The lowest BCUT2D eigenvalue weighted by Crippen LogP contribution is -2.30. The SMILES string of the molecule is CCC(C)CCCCCCCCCCC(=O)O[C@H](COC(=O)CCCCCCCCCCC(C)C)COP(=O)(O)OC[C@@H](O)COP(=O)(O)OC[C@@H](COC(=O)CCCCCCCCC(C)C)OC(=O)CCCCCCCCCC(C)C. The number of hydrogen-bond acceptors (Lipinski definition) is 15. The molecule has 0 aromatic carbocycles. The number of rotatable bonds is 60. The molecule has 486 valence electrons. The van der Waals surface area contributed by atoms with Crippen LogP contribution in [0.1, 0.15) is 299 Å². The van der Waals surface area contributed by atoms with Crippen molar-refractivity contribution in [3.63, 3.8) is 0 Å².